The van der Waals surface area contributed by atoms with Gasteiger partial charge < -0.3 is 19.1 Å². The summed E-state index contributed by atoms with van der Waals surface area (Å²) in [7, 11) is 1.54. The summed E-state index contributed by atoms with van der Waals surface area (Å²) in [5.74, 6) is 1.74. The molecule has 1 aliphatic heterocycles. The summed E-state index contributed by atoms with van der Waals surface area (Å²) < 4.78 is 16.2. The van der Waals surface area contributed by atoms with E-state index in [1.807, 2.05) is 23.6 Å². The maximum atomic E-state index is 10.0. The van der Waals surface area contributed by atoms with Crippen LogP contribution in [0.15, 0.2) is 40.2 Å². The van der Waals surface area contributed by atoms with Crippen molar-refractivity contribution >= 4 is 11.3 Å². The zero-order valence-corrected chi connectivity index (χ0v) is 15.1. The molecular weight excluding hydrogens is 354 g/mol. The number of aromatic hydroxyl groups is 1. The Morgan fingerprint density at radius 2 is 2.31 bits per heavy atom. The lowest BCUT2D eigenvalue weighted by molar-refractivity contribution is -0.0241. The third-order valence-electron chi connectivity index (χ3n) is 4.34. The molecule has 1 fully saturated rings. The number of phenolic OH excluding ortho intramolecular Hbond substituents is 1. The lowest BCUT2D eigenvalue weighted by Crippen LogP contribution is -2.39. The van der Waals surface area contributed by atoms with E-state index in [1.54, 1.807) is 23.5 Å². The number of nitrogens with zero attached hydrogens (tertiary/aromatic N) is 3. The first kappa shape index (κ1) is 17.0. The number of hydrogen-bond donors (Lipinski definition) is 1. The molecular formula is C18H19N3O4S. The van der Waals surface area contributed by atoms with Gasteiger partial charge in [0.2, 0.25) is 11.7 Å². The fourth-order valence-electron chi connectivity index (χ4n) is 3.00. The van der Waals surface area contributed by atoms with Crippen LogP contribution in [-0.4, -0.2) is 47.0 Å². The lowest BCUT2D eigenvalue weighted by Gasteiger charge is -2.33. The molecule has 0 amide bonds. The molecule has 1 saturated heterocycles. The molecule has 3 heterocycles. The van der Waals surface area contributed by atoms with Crippen molar-refractivity contribution in [3.05, 3.63) is 47.2 Å². The Hall–Kier alpha value is -2.42. The largest absolute Gasteiger partial charge is 0.504 e. The van der Waals surface area contributed by atoms with E-state index in [0.717, 1.165) is 17.0 Å². The summed E-state index contributed by atoms with van der Waals surface area (Å²) in [6, 6.07) is 9.24. The van der Waals surface area contributed by atoms with E-state index in [0.29, 0.717) is 37.2 Å². The van der Waals surface area contributed by atoms with E-state index < -0.39 is 0 Å². The van der Waals surface area contributed by atoms with Crippen LogP contribution in [0.2, 0.25) is 0 Å². The van der Waals surface area contributed by atoms with Crippen molar-refractivity contribution in [2.45, 2.75) is 12.6 Å². The summed E-state index contributed by atoms with van der Waals surface area (Å²) in [6.07, 6.45) is 0. The van der Waals surface area contributed by atoms with Crippen LogP contribution >= 0.6 is 11.3 Å². The molecule has 8 heteroatoms. The van der Waals surface area contributed by atoms with Crippen molar-refractivity contribution in [2.75, 3.05) is 26.9 Å². The number of aromatic nitrogens is 2. The van der Waals surface area contributed by atoms with Crippen LogP contribution in [-0.2, 0) is 11.3 Å². The Morgan fingerprint density at radius 3 is 3.08 bits per heavy atom. The van der Waals surface area contributed by atoms with Gasteiger partial charge in [-0.1, -0.05) is 17.3 Å². The standard InChI is InChI=1S/C18H19N3O4S/c1-23-15-5-4-12(9-14(15)22)10-21-6-7-24-11-13(21)18-19-17(20-25-18)16-3-2-8-26-16/h2-5,8-9,13,22H,6-7,10-11H2,1H3. The van der Waals surface area contributed by atoms with Gasteiger partial charge in [-0.05, 0) is 29.1 Å². The van der Waals surface area contributed by atoms with Crippen LogP contribution in [0, 0.1) is 0 Å². The second kappa shape index (κ2) is 7.45. The minimum absolute atomic E-state index is 0.116. The predicted molar refractivity (Wildman–Crippen MR) is 96.2 cm³/mol. The van der Waals surface area contributed by atoms with Crippen LogP contribution in [0.4, 0.5) is 0 Å². The van der Waals surface area contributed by atoms with Gasteiger partial charge in [0, 0.05) is 13.1 Å². The SMILES string of the molecule is COc1ccc(CN2CCOCC2c2nc(-c3cccs3)no2)cc1O. The molecule has 0 bridgehead atoms. The van der Waals surface area contributed by atoms with Crippen LogP contribution in [0.3, 0.4) is 0 Å². The van der Waals surface area contributed by atoms with E-state index in [4.69, 9.17) is 14.0 Å². The van der Waals surface area contributed by atoms with Crippen molar-refractivity contribution in [3.63, 3.8) is 0 Å². The molecule has 0 aliphatic carbocycles. The number of ether oxygens (including phenoxy) is 2. The monoisotopic (exact) mass is 373 g/mol. The van der Waals surface area contributed by atoms with Gasteiger partial charge in [-0.3, -0.25) is 4.90 Å². The molecule has 4 rings (SSSR count). The van der Waals surface area contributed by atoms with E-state index in [1.165, 1.54) is 7.11 Å². The number of morpholine rings is 1. The molecule has 26 heavy (non-hydrogen) atoms. The van der Waals surface area contributed by atoms with Crippen molar-refractivity contribution in [2.24, 2.45) is 0 Å². The summed E-state index contributed by atoms with van der Waals surface area (Å²) in [6.45, 7) is 2.52. The van der Waals surface area contributed by atoms with Crippen LogP contribution in [0.25, 0.3) is 10.7 Å². The van der Waals surface area contributed by atoms with Crippen LogP contribution in [0.1, 0.15) is 17.5 Å². The molecule has 7 nitrogen and oxygen atoms in total. The molecule has 1 aromatic carbocycles. The fourth-order valence-corrected chi connectivity index (χ4v) is 3.65. The first-order valence-electron chi connectivity index (χ1n) is 8.30. The number of phenols is 1. The summed E-state index contributed by atoms with van der Waals surface area (Å²) in [4.78, 5) is 7.75. The van der Waals surface area contributed by atoms with Gasteiger partial charge in [0.1, 0.15) is 6.04 Å². The average molecular weight is 373 g/mol. The number of benzene rings is 1. The number of methoxy groups -OCH3 is 1. The quantitative estimate of drug-likeness (QED) is 0.736. The highest BCUT2D eigenvalue weighted by molar-refractivity contribution is 7.13. The Labute approximate surface area is 154 Å². The first-order chi connectivity index (χ1) is 12.7. The molecule has 0 spiro atoms. The third-order valence-corrected chi connectivity index (χ3v) is 5.20. The summed E-state index contributed by atoms with van der Waals surface area (Å²) in [5, 5.41) is 16.1. The Kier molecular flexibility index (Phi) is 4.87. The van der Waals surface area contributed by atoms with Gasteiger partial charge in [-0.25, -0.2) is 0 Å². The zero-order valence-electron chi connectivity index (χ0n) is 14.3. The number of hydrogen-bond acceptors (Lipinski definition) is 8. The highest BCUT2D eigenvalue weighted by Crippen LogP contribution is 2.31. The van der Waals surface area contributed by atoms with Gasteiger partial charge in [0.25, 0.3) is 0 Å². The molecule has 0 radical (unpaired) electrons. The second-order valence-corrected chi connectivity index (χ2v) is 6.95. The molecule has 1 atom stereocenters. The maximum Gasteiger partial charge on any atom is 0.246 e. The third kappa shape index (κ3) is 3.44. The Morgan fingerprint density at radius 1 is 1.38 bits per heavy atom. The normalized spacial score (nSPS) is 18.1. The van der Waals surface area contributed by atoms with Gasteiger partial charge in [-0.15, -0.1) is 11.3 Å². The van der Waals surface area contributed by atoms with E-state index in [2.05, 4.69) is 15.0 Å². The van der Waals surface area contributed by atoms with Crippen molar-refractivity contribution < 1.29 is 19.1 Å². The van der Waals surface area contributed by atoms with Gasteiger partial charge in [0.05, 0.1) is 25.2 Å². The highest BCUT2D eigenvalue weighted by Gasteiger charge is 2.30. The molecule has 2 aromatic heterocycles. The predicted octanol–water partition coefficient (Wildman–Crippen LogP) is 3.09. The van der Waals surface area contributed by atoms with Crippen molar-refractivity contribution in [1.82, 2.24) is 15.0 Å². The summed E-state index contributed by atoms with van der Waals surface area (Å²) >= 11 is 1.57. The lowest BCUT2D eigenvalue weighted by atomic mass is 10.1. The van der Waals surface area contributed by atoms with E-state index >= 15 is 0 Å². The first-order valence-corrected chi connectivity index (χ1v) is 9.17. The van der Waals surface area contributed by atoms with E-state index in [-0.39, 0.29) is 11.8 Å². The molecule has 0 saturated carbocycles. The van der Waals surface area contributed by atoms with E-state index in [9.17, 15) is 5.11 Å². The minimum atomic E-state index is -0.116. The van der Waals surface area contributed by atoms with Crippen LogP contribution < -0.4 is 4.74 Å². The fraction of sp³-hybridized carbons (Fsp3) is 0.333. The van der Waals surface area contributed by atoms with Gasteiger partial charge in [-0.2, -0.15) is 4.98 Å². The molecule has 136 valence electrons. The zero-order chi connectivity index (χ0) is 17.9. The maximum absolute atomic E-state index is 10.0. The Bertz CT molecular complexity index is 865. The molecule has 1 unspecified atom stereocenters. The second-order valence-electron chi connectivity index (χ2n) is 6.00. The van der Waals surface area contributed by atoms with Crippen molar-refractivity contribution in [3.8, 4) is 22.2 Å². The number of thiophene rings is 1. The highest BCUT2D eigenvalue weighted by atomic mass is 32.1. The molecule has 1 N–H and O–H groups in total. The van der Waals surface area contributed by atoms with Crippen LogP contribution in [0.5, 0.6) is 11.5 Å². The van der Waals surface area contributed by atoms with Gasteiger partial charge >= 0.3 is 0 Å². The van der Waals surface area contributed by atoms with Gasteiger partial charge in [0.15, 0.2) is 11.5 Å². The summed E-state index contributed by atoms with van der Waals surface area (Å²) in [5.41, 5.74) is 0.980. The topological polar surface area (TPSA) is 80.9 Å². The molecule has 3 aromatic rings. The average Bonchev–Trinajstić information content (AvgIpc) is 3.34. The number of rotatable bonds is 5. The smallest absolute Gasteiger partial charge is 0.246 e. The minimum Gasteiger partial charge on any atom is -0.504 e. The molecule has 1 aliphatic rings. The van der Waals surface area contributed by atoms with Crippen molar-refractivity contribution in [1.29, 1.82) is 0 Å². The Balaban J connectivity index is 1.54.